The van der Waals surface area contributed by atoms with Crippen molar-refractivity contribution >= 4 is 33.4 Å². The molecule has 2 aromatic rings. The molecule has 0 radical (unpaired) electrons. The van der Waals surface area contributed by atoms with E-state index in [1.807, 2.05) is 19.9 Å². The summed E-state index contributed by atoms with van der Waals surface area (Å²) in [5, 5.41) is 13.1. The number of alkyl carbamates (subject to hydrolysis) is 1. The molecule has 2 heterocycles. The zero-order chi connectivity index (χ0) is 21.0. The third kappa shape index (κ3) is 6.34. The highest BCUT2D eigenvalue weighted by Crippen LogP contribution is 2.36. The summed E-state index contributed by atoms with van der Waals surface area (Å²) in [6, 6.07) is 5.08. The van der Waals surface area contributed by atoms with E-state index in [4.69, 9.17) is 4.74 Å². The largest absolute Gasteiger partial charge is 0.446 e. The number of anilines is 3. The number of aromatic amines is 1. The van der Waals surface area contributed by atoms with Crippen LogP contribution < -0.4 is 15.4 Å². The van der Waals surface area contributed by atoms with Crippen LogP contribution in [0.3, 0.4) is 0 Å². The third-order valence-corrected chi connectivity index (χ3v) is 5.03. The molecular formula is C18H26N6O4S. The van der Waals surface area contributed by atoms with Gasteiger partial charge in [0.15, 0.2) is 5.82 Å². The topological polar surface area (TPSA) is 138 Å². The number of hydrogen-bond acceptors (Lipinski definition) is 7. The van der Waals surface area contributed by atoms with Gasteiger partial charge in [-0.15, -0.1) is 0 Å². The van der Waals surface area contributed by atoms with Crippen LogP contribution >= 0.6 is 0 Å². The molecule has 2 unspecified atom stereocenters. The van der Waals surface area contributed by atoms with E-state index >= 15 is 0 Å². The highest BCUT2D eigenvalue weighted by Gasteiger charge is 2.30. The molecule has 1 saturated carbocycles. The number of H-pyrrole nitrogens is 1. The van der Waals surface area contributed by atoms with Gasteiger partial charge in [0.1, 0.15) is 11.9 Å². The van der Waals surface area contributed by atoms with E-state index in [1.54, 1.807) is 12.1 Å². The maximum absolute atomic E-state index is 11.8. The predicted molar refractivity (Wildman–Crippen MR) is 110 cm³/mol. The van der Waals surface area contributed by atoms with E-state index in [9.17, 15) is 13.2 Å². The Morgan fingerprint density at radius 2 is 2.07 bits per heavy atom. The van der Waals surface area contributed by atoms with Crippen LogP contribution in [0, 0.1) is 0 Å². The molecule has 1 aliphatic carbocycles. The molecule has 11 heteroatoms. The van der Waals surface area contributed by atoms with Gasteiger partial charge in [-0.3, -0.25) is 9.82 Å². The molecule has 2 atom stereocenters. The molecule has 0 spiro atoms. The van der Waals surface area contributed by atoms with Crippen LogP contribution in [0.4, 0.5) is 22.1 Å². The Hall–Kier alpha value is -2.82. The SMILES string of the molecule is CC(C)NC(=O)OC1CCC(c2cc(Nc3cc(NS(C)(=O)=O)ccn3)n[nH]2)C1. The Balaban J connectivity index is 1.58. The van der Waals surface area contributed by atoms with Crippen molar-refractivity contribution in [1.82, 2.24) is 20.5 Å². The Morgan fingerprint density at radius 1 is 1.28 bits per heavy atom. The van der Waals surface area contributed by atoms with Crippen molar-refractivity contribution in [1.29, 1.82) is 0 Å². The Labute approximate surface area is 169 Å². The molecule has 0 aromatic carbocycles. The number of pyridine rings is 1. The van der Waals surface area contributed by atoms with Crippen molar-refractivity contribution in [3.8, 4) is 0 Å². The molecule has 10 nitrogen and oxygen atoms in total. The van der Waals surface area contributed by atoms with Crippen molar-refractivity contribution in [2.45, 2.75) is 51.2 Å². The van der Waals surface area contributed by atoms with E-state index in [1.165, 1.54) is 6.20 Å². The van der Waals surface area contributed by atoms with Gasteiger partial charge in [-0.05, 0) is 39.2 Å². The monoisotopic (exact) mass is 422 g/mol. The molecule has 4 N–H and O–H groups in total. The zero-order valence-electron chi connectivity index (χ0n) is 16.6. The van der Waals surface area contributed by atoms with E-state index in [-0.39, 0.29) is 24.2 Å². The minimum Gasteiger partial charge on any atom is -0.446 e. The fourth-order valence-electron chi connectivity index (χ4n) is 3.27. The lowest BCUT2D eigenvalue weighted by atomic mass is 10.0. The number of nitrogens with zero attached hydrogens (tertiary/aromatic N) is 2. The first-order chi connectivity index (χ1) is 13.7. The smallest absolute Gasteiger partial charge is 0.407 e. The fraction of sp³-hybridized carbons (Fsp3) is 0.500. The molecule has 2 aromatic heterocycles. The van der Waals surface area contributed by atoms with Crippen LogP contribution in [0.25, 0.3) is 0 Å². The van der Waals surface area contributed by atoms with E-state index in [0.717, 1.165) is 31.2 Å². The minimum absolute atomic E-state index is 0.0423. The number of carbonyl (C=O) groups excluding carboxylic acids is 1. The van der Waals surface area contributed by atoms with Crippen LogP contribution in [0.5, 0.6) is 0 Å². The van der Waals surface area contributed by atoms with Gasteiger partial charge < -0.3 is 15.4 Å². The molecule has 158 valence electrons. The fourth-order valence-corrected chi connectivity index (χ4v) is 3.82. The van der Waals surface area contributed by atoms with Crippen molar-refractivity contribution < 1.29 is 17.9 Å². The van der Waals surface area contributed by atoms with Gasteiger partial charge in [-0.2, -0.15) is 5.10 Å². The van der Waals surface area contributed by atoms with Crippen molar-refractivity contribution in [2.24, 2.45) is 0 Å². The summed E-state index contributed by atoms with van der Waals surface area (Å²) in [4.78, 5) is 15.9. The molecule has 1 amide bonds. The van der Waals surface area contributed by atoms with Gasteiger partial charge in [0.05, 0.1) is 11.9 Å². The van der Waals surface area contributed by atoms with E-state index in [2.05, 4.69) is 30.5 Å². The van der Waals surface area contributed by atoms with Crippen molar-refractivity contribution in [3.63, 3.8) is 0 Å². The lowest BCUT2D eigenvalue weighted by molar-refractivity contribution is 0.0981. The highest BCUT2D eigenvalue weighted by atomic mass is 32.2. The van der Waals surface area contributed by atoms with Crippen LogP contribution in [-0.2, 0) is 14.8 Å². The average molecular weight is 423 g/mol. The second-order valence-corrected chi connectivity index (χ2v) is 9.22. The molecule has 29 heavy (non-hydrogen) atoms. The zero-order valence-corrected chi connectivity index (χ0v) is 17.4. The van der Waals surface area contributed by atoms with Gasteiger partial charge in [-0.1, -0.05) is 0 Å². The maximum Gasteiger partial charge on any atom is 0.407 e. The number of sulfonamides is 1. The van der Waals surface area contributed by atoms with Crippen molar-refractivity contribution in [3.05, 3.63) is 30.1 Å². The van der Waals surface area contributed by atoms with Crippen LogP contribution in [0.2, 0.25) is 0 Å². The lowest BCUT2D eigenvalue weighted by Crippen LogP contribution is -2.33. The first-order valence-electron chi connectivity index (χ1n) is 9.41. The first kappa shape index (κ1) is 20.9. The summed E-state index contributed by atoms with van der Waals surface area (Å²) in [6.07, 6.45) is 4.53. The minimum atomic E-state index is -3.36. The van der Waals surface area contributed by atoms with E-state index < -0.39 is 10.0 Å². The number of ether oxygens (including phenoxy) is 1. The molecule has 0 aliphatic heterocycles. The predicted octanol–water partition coefficient (Wildman–Crippen LogP) is 2.69. The summed E-state index contributed by atoms with van der Waals surface area (Å²) in [5.41, 5.74) is 1.37. The summed E-state index contributed by atoms with van der Waals surface area (Å²) in [5.74, 6) is 1.27. The number of aromatic nitrogens is 3. The second kappa shape index (κ2) is 8.68. The third-order valence-electron chi connectivity index (χ3n) is 4.42. The Kier molecular flexibility index (Phi) is 6.26. The molecule has 0 saturated heterocycles. The molecule has 0 bridgehead atoms. The molecule has 1 fully saturated rings. The molecule has 3 rings (SSSR count). The van der Waals surface area contributed by atoms with Gasteiger partial charge in [0.25, 0.3) is 0 Å². The van der Waals surface area contributed by atoms with E-state index in [0.29, 0.717) is 17.3 Å². The summed E-state index contributed by atoms with van der Waals surface area (Å²) in [6.45, 7) is 3.78. The lowest BCUT2D eigenvalue weighted by Gasteiger charge is -2.14. The average Bonchev–Trinajstić information content (AvgIpc) is 3.22. The van der Waals surface area contributed by atoms with Crippen LogP contribution in [0.1, 0.15) is 44.7 Å². The summed E-state index contributed by atoms with van der Waals surface area (Å²) < 4.78 is 30.6. The van der Waals surface area contributed by atoms with Gasteiger partial charge in [-0.25, -0.2) is 18.2 Å². The number of amides is 1. The number of rotatable bonds is 7. The second-order valence-electron chi connectivity index (χ2n) is 7.47. The summed E-state index contributed by atoms with van der Waals surface area (Å²) in [7, 11) is -3.36. The standard InChI is InChI=1S/C18H26N6O4S/c1-11(2)20-18(25)28-14-5-4-12(8-14)15-10-17(23-22-15)21-16-9-13(6-7-19-16)24-29(3,26)27/h6-7,9-12,14H,4-5,8H2,1-3H3,(H,20,25)(H3,19,21,22,23,24). The van der Waals surface area contributed by atoms with Crippen LogP contribution in [-0.4, -0.2) is 48.1 Å². The normalized spacial score (nSPS) is 19.2. The first-order valence-corrected chi connectivity index (χ1v) is 11.3. The van der Waals surface area contributed by atoms with Gasteiger partial charge >= 0.3 is 6.09 Å². The highest BCUT2D eigenvalue weighted by molar-refractivity contribution is 7.92. The Morgan fingerprint density at radius 3 is 2.79 bits per heavy atom. The van der Waals surface area contributed by atoms with Crippen molar-refractivity contribution in [2.75, 3.05) is 16.3 Å². The number of carbonyl (C=O) groups is 1. The number of hydrogen-bond donors (Lipinski definition) is 4. The van der Waals surface area contributed by atoms with Gasteiger partial charge in [0, 0.05) is 36.0 Å². The summed E-state index contributed by atoms with van der Waals surface area (Å²) >= 11 is 0. The molecular weight excluding hydrogens is 396 g/mol. The molecule has 1 aliphatic rings. The Bertz CT molecular complexity index is 959. The van der Waals surface area contributed by atoms with Crippen LogP contribution in [0.15, 0.2) is 24.4 Å². The van der Waals surface area contributed by atoms with Gasteiger partial charge in [0.2, 0.25) is 10.0 Å². The quantitative estimate of drug-likeness (QED) is 0.538. The number of nitrogens with one attached hydrogen (secondary N) is 4. The maximum atomic E-state index is 11.8.